The predicted octanol–water partition coefficient (Wildman–Crippen LogP) is 2.22. The van der Waals surface area contributed by atoms with Crippen LogP contribution in [-0.2, 0) is 4.74 Å². The Hall–Kier alpha value is -1.60. The maximum Gasteiger partial charge on any atom is 0.254 e. The minimum absolute atomic E-state index is 0. The van der Waals surface area contributed by atoms with Gasteiger partial charge in [-0.3, -0.25) is 4.79 Å². The molecule has 0 atom stereocenters. The molecule has 24 heavy (non-hydrogen) atoms. The molecule has 2 N–H and O–H groups in total. The molecule has 2 aromatic rings. The molecule has 0 saturated heterocycles. The lowest BCUT2D eigenvalue weighted by Crippen LogP contribution is -2.33. The zero-order chi connectivity index (χ0) is 16.7. The molecule has 0 radical (unpaired) electrons. The van der Waals surface area contributed by atoms with Crippen molar-refractivity contribution in [1.29, 1.82) is 0 Å². The summed E-state index contributed by atoms with van der Waals surface area (Å²) in [6.07, 6.45) is 1.58. The van der Waals surface area contributed by atoms with Gasteiger partial charge in [-0.2, -0.15) is 5.10 Å². The number of ether oxygens (including phenoxy) is 1. The largest absolute Gasteiger partial charge is 0.383 e. The SMILES string of the molecule is COCCNCCNC(=O)c1cnn(-c2ccc(Cl)cc2)c1C.Cl. The summed E-state index contributed by atoms with van der Waals surface area (Å²) >= 11 is 5.89. The van der Waals surface area contributed by atoms with Gasteiger partial charge in [0.25, 0.3) is 5.91 Å². The average molecular weight is 373 g/mol. The van der Waals surface area contributed by atoms with Crippen LogP contribution in [0, 0.1) is 6.92 Å². The van der Waals surface area contributed by atoms with Gasteiger partial charge in [-0.05, 0) is 31.2 Å². The normalized spacial score (nSPS) is 10.3. The van der Waals surface area contributed by atoms with Gasteiger partial charge in [0.1, 0.15) is 0 Å². The Kier molecular flexibility index (Phi) is 8.78. The Labute approximate surface area is 152 Å². The number of carbonyl (C=O) groups is 1. The molecule has 8 heteroatoms. The molecule has 1 aromatic carbocycles. The van der Waals surface area contributed by atoms with Gasteiger partial charge in [-0.15, -0.1) is 12.4 Å². The third-order valence-corrected chi connectivity index (χ3v) is 3.65. The van der Waals surface area contributed by atoms with Crippen LogP contribution < -0.4 is 10.6 Å². The molecule has 132 valence electrons. The fraction of sp³-hybridized carbons (Fsp3) is 0.375. The van der Waals surface area contributed by atoms with Crippen LogP contribution in [0.5, 0.6) is 0 Å². The van der Waals surface area contributed by atoms with Crippen molar-refractivity contribution in [3.05, 3.63) is 46.7 Å². The van der Waals surface area contributed by atoms with Crippen LogP contribution in [0.25, 0.3) is 5.69 Å². The molecule has 1 heterocycles. The zero-order valence-corrected chi connectivity index (χ0v) is 15.3. The zero-order valence-electron chi connectivity index (χ0n) is 13.7. The van der Waals surface area contributed by atoms with Crippen molar-refractivity contribution in [1.82, 2.24) is 20.4 Å². The second kappa shape index (κ2) is 10.3. The molecule has 1 amide bonds. The van der Waals surface area contributed by atoms with E-state index in [1.807, 2.05) is 19.1 Å². The highest BCUT2D eigenvalue weighted by atomic mass is 35.5. The Balaban J connectivity index is 0.00000288. The van der Waals surface area contributed by atoms with E-state index in [9.17, 15) is 4.79 Å². The van der Waals surface area contributed by atoms with Gasteiger partial charge in [0, 0.05) is 31.8 Å². The van der Waals surface area contributed by atoms with Crippen LogP contribution >= 0.6 is 24.0 Å². The first-order valence-electron chi connectivity index (χ1n) is 7.42. The average Bonchev–Trinajstić information content (AvgIpc) is 2.93. The molecule has 0 fully saturated rings. The van der Waals surface area contributed by atoms with E-state index < -0.39 is 0 Å². The maximum absolute atomic E-state index is 12.2. The number of benzene rings is 1. The standard InChI is InChI=1S/C16H21ClN4O2.ClH/c1-12-15(16(22)19-8-7-18-9-10-23-2)11-20-21(12)14-5-3-13(17)4-6-14;/h3-6,11,18H,7-10H2,1-2H3,(H,19,22);1H. The van der Waals surface area contributed by atoms with Gasteiger partial charge >= 0.3 is 0 Å². The summed E-state index contributed by atoms with van der Waals surface area (Å²) < 4.78 is 6.66. The first-order chi connectivity index (χ1) is 11.1. The Morgan fingerprint density at radius 1 is 1.25 bits per heavy atom. The summed E-state index contributed by atoms with van der Waals surface area (Å²) in [5, 5.41) is 11.0. The molecule has 0 aliphatic rings. The molecule has 2 rings (SSSR count). The fourth-order valence-electron chi connectivity index (χ4n) is 2.13. The topological polar surface area (TPSA) is 68.2 Å². The Morgan fingerprint density at radius 3 is 2.62 bits per heavy atom. The monoisotopic (exact) mass is 372 g/mol. The molecule has 0 unspecified atom stereocenters. The van der Waals surface area contributed by atoms with E-state index in [0.29, 0.717) is 30.3 Å². The Bertz CT molecular complexity index is 644. The van der Waals surface area contributed by atoms with E-state index >= 15 is 0 Å². The summed E-state index contributed by atoms with van der Waals surface area (Å²) in [7, 11) is 1.66. The molecule has 1 aromatic heterocycles. The number of halogens is 2. The highest BCUT2D eigenvalue weighted by Crippen LogP contribution is 2.16. The molecule has 6 nitrogen and oxygen atoms in total. The van der Waals surface area contributed by atoms with E-state index in [4.69, 9.17) is 16.3 Å². The quantitative estimate of drug-likeness (QED) is 0.697. The van der Waals surface area contributed by atoms with E-state index in [2.05, 4.69) is 15.7 Å². The van der Waals surface area contributed by atoms with Crippen LogP contribution in [0.15, 0.2) is 30.5 Å². The van der Waals surface area contributed by atoms with Gasteiger partial charge in [0.15, 0.2) is 0 Å². The molecule has 0 aliphatic carbocycles. The molecular weight excluding hydrogens is 351 g/mol. The number of carbonyl (C=O) groups excluding carboxylic acids is 1. The molecular formula is C16H22Cl2N4O2. The lowest BCUT2D eigenvalue weighted by atomic mass is 10.2. The molecule has 0 bridgehead atoms. The van der Waals surface area contributed by atoms with Crippen molar-refractivity contribution in [2.24, 2.45) is 0 Å². The number of hydrogen-bond donors (Lipinski definition) is 2. The lowest BCUT2D eigenvalue weighted by Gasteiger charge is -2.07. The van der Waals surface area contributed by atoms with E-state index in [0.717, 1.165) is 17.9 Å². The predicted molar refractivity (Wildman–Crippen MR) is 97.6 cm³/mol. The van der Waals surface area contributed by atoms with E-state index in [-0.39, 0.29) is 18.3 Å². The van der Waals surface area contributed by atoms with Crippen LogP contribution in [0.2, 0.25) is 5.02 Å². The van der Waals surface area contributed by atoms with Crippen LogP contribution in [0.1, 0.15) is 16.1 Å². The maximum atomic E-state index is 12.2. The van der Waals surface area contributed by atoms with E-state index in [1.54, 1.807) is 30.1 Å². The van der Waals surface area contributed by atoms with Crippen molar-refractivity contribution >= 4 is 29.9 Å². The van der Waals surface area contributed by atoms with Crippen LogP contribution in [0.4, 0.5) is 0 Å². The number of methoxy groups -OCH3 is 1. The first kappa shape index (κ1) is 20.4. The third-order valence-electron chi connectivity index (χ3n) is 3.40. The summed E-state index contributed by atoms with van der Waals surface area (Å²) in [5.74, 6) is -0.128. The highest BCUT2D eigenvalue weighted by molar-refractivity contribution is 6.30. The van der Waals surface area contributed by atoms with Crippen molar-refractivity contribution in [3.8, 4) is 5.69 Å². The summed E-state index contributed by atoms with van der Waals surface area (Å²) in [6.45, 7) is 4.53. The second-order valence-electron chi connectivity index (χ2n) is 5.03. The number of hydrogen-bond acceptors (Lipinski definition) is 4. The minimum Gasteiger partial charge on any atom is -0.383 e. The summed E-state index contributed by atoms with van der Waals surface area (Å²) in [4.78, 5) is 12.2. The number of nitrogens with one attached hydrogen (secondary N) is 2. The van der Waals surface area contributed by atoms with Crippen molar-refractivity contribution in [2.75, 3.05) is 33.4 Å². The lowest BCUT2D eigenvalue weighted by molar-refractivity contribution is 0.0953. The van der Waals surface area contributed by atoms with E-state index in [1.165, 1.54) is 0 Å². The van der Waals surface area contributed by atoms with Gasteiger partial charge in [-0.1, -0.05) is 11.6 Å². The van der Waals surface area contributed by atoms with Crippen molar-refractivity contribution in [2.45, 2.75) is 6.92 Å². The number of amides is 1. The third kappa shape index (κ3) is 5.49. The molecule has 0 spiro atoms. The fourth-order valence-corrected chi connectivity index (χ4v) is 2.26. The van der Waals surface area contributed by atoms with Crippen LogP contribution in [-0.4, -0.2) is 49.0 Å². The van der Waals surface area contributed by atoms with Gasteiger partial charge in [0.2, 0.25) is 0 Å². The van der Waals surface area contributed by atoms with Gasteiger partial charge in [-0.25, -0.2) is 4.68 Å². The first-order valence-corrected chi connectivity index (χ1v) is 7.79. The highest BCUT2D eigenvalue weighted by Gasteiger charge is 2.14. The summed E-state index contributed by atoms with van der Waals surface area (Å²) in [5.41, 5.74) is 2.22. The second-order valence-corrected chi connectivity index (χ2v) is 5.47. The number of nitrogens with zero attached hydrogens (tertiary/aromatic N) is 2. The van der Waals surface area contributed by atoms with Crippen LogP contribution in [0.3, 0.4) is 0 Å². The molecule has 0 saturated carbocycles. The molecule has 0 aliphatic heterocycles. The van der Waals surface area contributed by atoms with Gasteiger partial charge in [0.05, 0.1) is 29.7 Å². The number of rotatable bonds is 8. The van der Waals surface area contributed by atoms with Crippen molar-refractivity contribution in [3.63, 3.8) is 0 Å². The number of aromatic nitrogens is 2. The van der Waals surface area contributed by atoms with Gasteiger partial charge < -0.3 is 15.4 Å². The Morgan fingerprint density at radius 2 is 1.96 bits per heavy atom. The minimum atomic E-state index is -0.128. The smallest absolute Gasteiger partial charge is 0.254 e. The van der Waals surface area contributed by atoms with Crippen molar-refractivity contribution < 1.29 is 9.53 Å². The summed E-state index contributed by atoms with van der Waals surface area (Å²) in [6, 6.07) is 7.32.